The van der Waals surface area contributed by atoms with E-state index in [1.165, 1.54) is 5.56 Å². The van der Waals surface area contributed by atoms with Gasteiger partial charge >= 0.3 is 5.97 Å². The highest BCUT2D eigenvalue weighted by molar-refractivity contribution is 6.30. The van der Waals surface area contributed by atoms with Crippen molar-refractivity contribution in [2.24, 2.45) is 0 Å². The summed E-state index contributed by atoms with van der Waals surface area (Å²) < 4.78 is 0. The summed E-state index contributed by atoms with van der Waals surface area (Å²) in [7, 11) is 0. The average molecular weight is 423 g/mol. The van der Waals surface area contributed by atoms with Crippen LogP contribution in [-0.4, -0.2) is 23.5 Å². The van der Waals surface area contributed by atoms with Gasteiger partial charge in [-0.05, 0) is 78.1 Å². The van der Waals surface area contributed by atoms with Gasteiger partial charge in [0.25, 0.3) is 0 Å². The van der Waals surface area contributed by atoms with Crippen LogP contribution in [0.2, 0.25) is 5.02 Å². The van der Waals surface area contributed by atoms with Crippen LogP contribution in [0.1, 0.15) is 29.3 Å². The van der Waals surface area contributed by atoms with E-state index in [2.05, 4.69) is 6.07 Å². The van der Waals surface area contributed by atoms with Gasteiger partial charge in [0.2, 0.25) is 5.91 Å². The highest BCUT2D eigenvalue weighted by Crippen LogP contribution is 2.31. The molecule has 0 aliphatic carbocycles. The van der Waals surface area contributed by atoms with Crippen LogP contribution in [-0.2, 0) is 11.2 Å². The Morgan fingerprint density at radius 2 is 1.60 bits per heavy atom. The maximum absolute atomic E-state index is 11.7. The number of hydrogen-bond acceptors (Lipinski definition) is 3. The standard InChI is InChI=1S/C18H17NO3.C6H6ClN/c1-12(20)19-10-2-3-16-11-15(8-9-17(16)19)13-4-6-14(7-5-13)18(21)22;7-5-1-3-6(8)4-2-5/h4-9,11H,2-3,10H2,1H3,(H,21,22);1-4H,8H2. The highest BCUT2D eigenvalue weighted by atomic mass is 35.5. The van der Waals surface area contributed by atoms with Gasteiger partial charge < -0.3 is 15.7 Å². The predicted molar refractivity (Wildman–Crippen MR) is 121 cm³/mol. The van der Waals surface area contributed by atoms with Crippen molar-refractivity contribution >= 4 is 34.9 Å². The second-order valence-corrected chi connectivity index (χ2v) is 7.49. The number of nitrogen functional groups attached to an aromatic ring is 1. The van der Waals surface area contributed by atoms with Gasteiger partial charge in [0.15, 0.2) is 0 Å². The Hall–Kier alpha value is -3.31. The molecule has 0 saturated heterocycles. The molecular formula is C24H23ClN2O3. The molecule has 30 heavy (non-hydrogen) atoms. The average Bonchev–Trinajstić information content (AvgIpc) is 2.75. The van der Waals surface area contributed by atoms with E-state index in [9.17, 15) is 9.59 Å². The first-order valence-corrected chi connectivity index (χ1v) is 9.99. The van der Waals surface area contributed by atoms with Crippen molar-refractivity contribution in [3.63, 3.8) is 0 Å². The first kappa shape index (κ1) is 21.4. The molecule has 154 valence electrons. The molecule has 1 aliphatic rings. The number of carbonyl (C=O) groups excluding carboxylic acids is 1. The van der Waals surface area contributed by atoms with Gasteiger partial charge in [-0.3, -0.25) is 4.79 Å². The predicted octanol–water partition coefficient (Wildman–Crippen LogP) is 5.27. The van der Waals surface area contributed by atoms with Crippen molar-refractivity contribution in [1.29, 1.82) is 0 Å². The number of amides is 1. The zero-order chi connectivity index (χ0) is 21.7. The van der Waals surface area contributed by atoms with E-state index in [-0.39, 0.29) is 11.5 Å². The topological polar surface area (TPSA) is 83.6 Å². The number of anilines is 2. The van der Waals surface area contributed by atoms with Crippen molar-refractivity contribution in [3.8, 4) is 11.1 Å². The normalized spacial score (nSPS) is 12.4. The lowest BCUT2D eigenvalue weighted by Crippen LogP contribution is -2.33. The zero-order valence-corrected chi connectivity index (χ0v) is 17.4. The number of nitrogens with zero attached hydrogens (tertiary/aromatic N) is 1. The Labute approximate surface area is 180 Å². The smallest absolute Gasteiger partial charge is 0.335 e. The summed E-state index contributed by atoms with van der Waals surface area (Å²) in [6, 6.07) is 20.0. The Morgan fingerprint density at radius 3 is 2.17 bits per heavy atom. The van der Waals surface area contributed by atoms with E-state index in [1.807, 2.05) is 29.2 Å². The number of hydrogen-bond donors (Lipinski definition) is 2. The number of rotatable bonds is 2. The Bertz CT molecular complexity index is 1030. The Kier molecular flexibility index (Phi) is 6.75. The summed E-state index contributed by atoms with van der Waals surface area (Å²) in [6.45, 7) is 2.36. The van der Waals surface area contributed by atoms with Crippen LogP contribution in [0.15, 0.2) is 66.7 Å². The number of carbonyl (C=O) groups is 2. The summed E-state index contributed by atoms with van der Waals surface area (Å²) in [6.07, 6.45) is 1.92. The fourth-order valence-electron chi connectivity index (χ4n) is 3.37. The fourth-order valence-corrected chi connectivity index (χ4v) is 3.50. The number of fused-ring (bicyclic) bond motifs is 1. The van der Waals surface area contributed by atoms with Crippen LogP contribution in [0.4, 0.5) is 11.4 Å². The highest BCUT2D eigenvalue weighted by Gasteiger charge is 2.20. The molecule has 1 heterocycles. The Balaban J connectivity index is 0.000000269. The van der Waals surface area contributed by atoms with Gasteiger partial charge in [0.05, 0.1) is 5.56 Å². The van der Waals surface area contributed by atoms with Crippen molar-refractivity contribution in [3.05, 3.63) is 82.9 Å². The number of carboxylic acid groups (broad SMARTS) is 1. The molecule has 3 aromatic rings. The molecular weight excluding hydrogens is 400 g/mol. The van der Waals surface area contributed by atoms with Crippen molar-refractivity contribution in [2.45, 2.75) is 19.8 Å². The first-order valence-electron chi connectivity index (χ1n) is 9.61. The maximum Gasteiger partial charge on any atom is 0.335 e. The summed E-state index contributed by atoms with van der Waals surface area (Å²) >= 11 is 5.56. The monoisotopic (exact) mass is 422 g/mol. The molecule has 3 aromatic carbocycles. The molecule has 0 fully saturated rings. The summed E-state index contributed by atoms with van der Waals surface area (Å²) in [4.78, 5) is 24.4. The molecule has 3 N–H and O–H groups in total. The van der Waals surface area contributed by atoms with Gasteiger partial charge in [-0.2, -0.15) is 0 Å². The van der Waals surface area contributed by atoms with Gasteiger partial charge in [-0.25, -0.2) is 4.79 Å². The number of halogens is 1. The number of aryl methyl sites for hydroxylation is 1. The molecule has 1 aliphatic heterocycles. The van der Waals surface area contributed by atoms with Crippen molar-refractivity contribution in [2.75, 3.05) is 17.2 Å². The minimum Gasteiger partial charge on any atom is -0.478 e. The van der Waals surface area contributed by atoms with Gasteiger partial charge in [-0.15, -0.1) is 0 Å². The van der Waals surface area contributed by atoms with E-state index in [0.717, 1.165) is 46.9 Å². The molecule has 1 amide bonds. The molecule has 0 atom stereocenters. The third-order valence-electron chi connectivity index (χ3n) is 4.91. The molecule has 0 radical (unpaired) electrons. The van der Waals surface area contributed by atoms with Crippen LogP contribution in [0.3, 0.4) is 0 Å². The summed E-state index contributed by atoms with van der Waals surface area (Å²) in [5.41, 5.74) is 10.6. The molecule has 0 unspecified atom stereocenters. The van der Waals surface area contributed by atoms with E-state index < -0.39 is 5.97 Å². The molecule has 6 heteroatoms. The zero-order valence-electron chi connectivity index (χ0n) is 16.6. The lowest BCUT2D eigenvalue weighted by molar-refractivity contribution is -0.116. The van der Waals surface area contributed by atoms with Crippen LogP contribution < -0.4 is 10.6 Å². The number of benzene rings is 3. The molecule has 0 aromatic heterocycles. The molecule has 0 bridgehead atoms. The van der Waals surface area contributed by atoms with Crippen LogP contribution >= 0.6 is 11.6 Å². The number of aromatic carboxylic acids is 1. The molecule has 0 spiro atoms. The second-order valence-electron chi connectivity index (χ2n) is 7.05. The van der Waals surface area contributed by atoms with E-state index in [0.29, 0.717) is 0 Å². The van der Waals surface area contributed by atoms with E-state index in [1.54, 1.807) is 43.3 Å². The quantitative estimate of drug-likeness (QED) is 0.551. The lowest BCUT2D eigenvalue weighted by Gasteiger charge is -2.29. The minimum absolute atomic E-state index is 0.0690. The molecule has 4 rings (SSSR count). The van der Waals surface area contributed by atoms with Crippen LogP contribution in [0.5, 0.6) is 0 Å². The summed E-state index contributed by atoms with van der Waals surface area (Å²) in [5.74, 6) is -0.853. The van der Waals surface area contributed by atoms with Gasteiger partial charge in [0.1, 0.15) is 0 Å². The number of nitrogens with two attached hydrogens (primary N) is 1. The van der Waals surface area contributed by atoms with Gasteiger partial charge in [-0.1, -0.05) is 29.8 Å². The third kappa shape index (κ3) is 5.19. The number of carboxylic acids is 1. The second kappa shape index (κ2) is 9.46. The SMILES string of the molecule is CC(=O)N1CCCc2cc(-c3ccc(C(=O)O)cc3)ccc21.Nc1ccc(Cl)cc1. The third-order valence-corrected chi connectivity index (χ3v) is 5.17. The van der Waals surface area contributed by atoms with Gasteiger partial charge in [0, 0.05) is 29.9 Å². The van der Waals surface area contributed by atoms with Crippen LogP contribution in [0, 0.1) is 0 Å². The van der Waals surface area contributed by atoms with Crippen molar-refractivity contribution in [1.82, 2.24) is 0 Å². The van der Waals surface area contributed by atoms with Crippen molar-refractivity contribution < 1.29 is 14.7 Å². The van der Waals surface area contributed by atoms with E-state index >= 15 is 0 Å². The summed E-state index contributed by atoms with van der Waals surface area (Å²) in [5, 5.41) is 9.67. The first-order chi connectivity index (χ1) is 14.3. The van der Waals surface area contributed by atoms with Crippen LogP contribution in [0.25, 0.3) is 11.1 Å². The molecule has 0 saturated carbocycles. The fraction of sp³-hybridized carbons (Fsp3) is 0.167. The maximum atomic E-state index is 11.7. The largest absolute Gasteiger partial charge is 0.478 e. The Morgan fingerprint density at radius 1 is 0.967 bits per heavy atom. The minimum atomic E-state index is -0.922. The van der Waals surface area contributed by atoms with E-state index in [4.69, 9.17) is 22.4 Å². The molecule has 5 nitrogen and oxygen atoms in total. The lowest BCUT2D eigenvalue weighted by atomic mass is 9.95.